The third-order valence-electron chi connectivity index (χ3n) is 5.71. The van der Waals surface area contributed by atoms with Crippen molar-refractivity contribution in [3.63, 3.8) is 0 Å². The fourth-order valence-corrected chi connectivity index (χ4v) is 3.86. The Balaban J connectivity index is 1.95. The number of aliphatic imine (C=N–C) groups is 1. The number of hydrogen-bond acceptors (Lipinski definition) is 6. The molecule has 1 atom stereocenters. The monoisotopic (exact) mass is 436 g/mol. The molecule has 1 unspecified atom stereocenters. The third-order valence-corrected chi connectivity index (χ3v) is 5.71. The molecule has 1 fully saturated rings. The van der Waals surface area contributed by atoms with Crippen molar-refractivity contribution in [2.45, 2.75) is 33.4 Å². The predicted molar refractivity (Wildman–Crippen MR) is 125 cm³/mol. The maximum absolute atomic E-state index is 5.66. The summed E-state index contributed by atoms with van der Waals surface area (Å²) in [5.41, 5.74) is 1.21. The summed E-state index contributed by atoms with van der Waals surface area (Å²) in [5.74, 6) is 2.93. The fraction of sp³-hybridized carbons (Fsp3) is 0.696. The van der Waals surface area contributed by atoms with Crippen LogP contribution >= 0.6 is 0 Å². The maximum atomic E-state index is 5.66. The van der Waals surface area contributed by atoms with Crippen LogP contribution in [-0.4, -0.2) is 90.1 Å². The highest BCUT2D eigenvalue weighted by Gasteiger charge is 2.26. The molecule has 1 N–H and O–H groups in total. The summed E-state index contributed by atoms with van der Waals surface area (Å²) in [4.78, 5) is 9.22. The second-order valence-electron chi connectivity index (χ2n) is 8.82. The van der Waals surface area contributed by atoms with E-state index in [1.807, 2.05) is 19.2 Å². The van der Waals surface area contributed by atoms with Gasteiger partial charge < -0.3 is 29.2 Å². The molecular weight excluding hydrogens is 396 g/mol. The van der Waals surface area contributed by atoms with Crippen LogP contribution < -0.4 is 19.5 Å². The minimum atomic E-state index is 0.0692. The van der Waals surface area contributed by atoms with Crippen LogP contribution in [0.3, 0.4) is 0 Å². The van der Waals surface area contributed by atoms with Crippen LogP contribution in [0.1, 0.15) is 26.3 Å². The van der Waals surface area contributed by atoms with Crippen molar-refractivity contribution >= 4 is 5.96 Å². The Morgan fingerprint density at radius 2 is 1.58 bits per heavy atom. The van der Waals surface area contributed by atoms with Crippen LogP contribution in [0.2, 0.25) is 0 Å². The lowest BCUT2D eigenvalue weighted by molar-refractivity contribution is 0.0199. The molecule has 1 aromatic rings. The van der Waals surface area contributed by atoms with Gasteiger partial charge in [-0.3, -0.25) is 9.89 Å². The number of benzene rings is 1. The first-order valence-electron chi connectivity index (χ1n) is 10.8. The molecule has 1 aliphatic rings. The first kappa shape index (κ1) is 25.1. The smallest absolute Gasteiger partial charge is 0.203 e. The zero-order valence-electron chi connectivity index (χ0n) is 20.4. The minimum Gasteiger partial charge on any atom is -0.493 e. The molecule has 1 aliphatic heterocycles. The molecule has 1 saturated heterocycles. The normalized spacial score (nSPS) is 16.8. The molecule has 0 saturated carbocycles. The number of piperazine rings is 1. The van der Waals surface area contributed by atoms with Gasteiger partial charge in [0.05, 0.1) is 27.4 Å². The molecular formula is C23H40N4O4. The first-order chi connectivity index (χ1) is 14.8. The van der Waals surface area contributed by atoms with Crippen LogP contribution in [0.15, 0.2) is 17.1 Å². The van der Waals surface area contributed by atoms with E-state index in [9.17, 15) is 0 Å². The molecule has 1 heterocycles. The third kappa shape index (κ3) is 6.64. The maximum Gasteiger partial charge on any atom is 0.203 e. The lowest BCUT2D eigenvalue weighted by atomic mass is 9.89. The molecule has 2 rings (SSSR count). The molecule has 8 heteroatoms. The van der Waals surface area contributed by atoms with Gasteiger partial charge in [0.25, 0.3) is 0 Å². The Bertz CT molecular complexity index is 700. The Morgan fingerprint density at radius 3 is 2.00 bits per heavy atom. The Kier molecular flexibility index (Phi) is 9.25. The second kappa shape index (κ2) is 11.4. The van der Waals surface area contributed by atoms with E-state index in [0.717, 1.165) is 50.8 Å². The van der Waals surface area contributed by atoms with Gasteiger partial charge in [0.2, 0.25) is 5.75 Å². The summed E-state index contributed by atoms with van der Waals surface area (Å²) >= 11 is 0. The standard InChI is InChI=1S/C23H40N4O4/c1-23(2,3)20(30-7)15-25-22(24-4)27-11-9-26(10-12-27)16-17-13-18(28-5)21(31-8)19(14-17)29-6/h13-14,20H,9-12,15-16H2,1-8H3,(H,24,25). The van der Waals surface area contributed by atoms with Gasteiger partial charge in [0.15, 0.2) is 17.5 Å². The van der Waals surface area contributed by atoms with Crippen molar-refractivity contribution in [1.29, 1.82) is 0 Å². The largest absolute Gasteiger partial charge is 0.493 e. The number of guanidine groups is 1. The number of rotatable bonds is 8. The first-order valence-corrected chi connectivity index (χ1v) is 10.8. The molecule has 0 aromatic heterocycles. The average Bonchev–Trinajstić information content (AvgIpc) is 2.76. The van der Waals surface area contributed by atoms with Crippen LogP contribution in [0, 0.1) is 5.41 Å². The summed E-state index contributed by atoms with van der Waals surface area (Å²) in [6.45, 7) is 11.8. The van der Waals surface area contributed by atoms with Crippen molar-refractivity contribution in [3.8, 4) is 17.2 Å². The van der Waals surface area contributed by atoms with Gasteiger partial charge >= 0.3 is 0 Å². The highest BCUT2D eigenvalue weighted by Crippen LogP contribution is 2.38. The minimum absolute atomic E-state index is 0.0692. The van der Waals surface area contributed by atoms with E-state index in [2.05, 4.69) is 40.9 Å². The second-order valence-corrected chi connectivity index (χ2v) is 8.82. The van der Waals surface area contributed by atoms with Crippen molar-refractivity contribution in [2.75, 3.05) is 68.2 Å². The fourth-order valence-electron chi connectivity index (χ4n) is 3.86. The average molecular weight is 437 g/mol. The zero-order valence-corrected chi connectivity index (χ0v) is 20.4. The van der Waals surface area contributed by atoms with Gasteiger partial charge in [-0.15, -0.1) is 0 Å². The molecule has 0 spiro atoms. The van der Waals surface area contributed by atoms with E-state index in [0.29, 0.717) is 17.2 Å². The van der Waals surface area contributed by atoms with Crippen LogP contribution in [0.5, 0.6) is 17.2 Å². The van der Waals surface area contributed by atoms with Gasteiger partial charge in [-0.2, -0.15) is 0 Å². The van der Waals surface area contributed by atoms with E-state index >= 15 is 0 Å². The molecule has 1 aromatic carbocycles. The molecule has 0 amide bonds. The van der Waals surface area contributed by atoms with Gasteiger partial charge in [0, 0.05) is 53.4 Å². The van der Waals surface area contributed by atoms with E-state index in [-0.39, 0.29) is 11.5 Å². The van der Waals surface area contributed by atoms with Crippen molar-refractivity contribution in [2.24, 2.45) is 10.4 Å². The number of nitrogens with one attached hydrogen (secondary N) is 1. The molecule has 0 radical (unpaired) electrons. The SMILES string of the molecule is CN=C(NCC(OC)C(C)(C)C)N1CCN(Cc2cc(OC)c(OC)c(OC)c2)CC1. The number of methoxy groups -OCH3 is 4. The van der Waals surface area contributed by atoms with Gasteiger partial charge in [-0.1, -0.05) is 20.8 Å². The van der Waals surface area contributed by atoms with Gasteiger partial charge in [-0.05, 0) is 23.1 Å². The topological polar surface area (TPSA) is 67.8 Å². The number of hydrogen-bond donors (Lipinski definition) is 1. The summed E-state index contributed by atoms with van der Waals surface area (Å²) in [5, 5.41) is 3.49. The molecule has 8 nitrogen and oxygen atoms in total. The highest BCUT2D eigenvalue weighted by molar-refractivity contribution is 5.80. The highest BCUT2D eigenvalue weighted by atomic mass is 16.5. The van der Waals surface area contributed by atoms with E-state index < -0.39 is 0 Å². The van der Waals surface area contributed by atoms with Crippen LogP contribution in [0.25, 0.3) is 0 Å². The van der Waals surface area contributed by atoms with E-state index in [1.54, 1.807) is 28.4 Å². The lowest BCUT2D eigenvalue weighted by Crippen LogP contribution is -2.53. The van der Waals surface area contributed by atoms with Crippen LogP contribution in [0.4, 0.5) is 0 Å². The van der Waals surface area contributed by atoms with Crippen molar-refractivity contribution in [1.82, 2.24) is 15.1 Å². The summed E-state index contributed by atoms with van der Waals surface area (Å²) in [6.07, 6.45) is 0.116. The van der Waals surface area contributed by atoms with Crippen LogP contribution in [-0.2, 0) is 11.3 Å². The van der Waals surface area contributed by atoms with E-state index in [4.69, 9.17) is 18.9 Å². The number of ether oxygens (including phenoxy) is 4. The Morgan fingerprint density at radius 1 is 1.00 bits per heavy atom. The summed E-state index contributed by atoms with van der Waals surface area (Å²) in [7, 11) is 8.51. The molecule has 31 heavy (non-hydrogen) atoms. The van der Waals surface area contributed by atoms with Crippen molar-refractivity contribution in [3.05, 3.63) is 17.7 Å². The number of nitrogens with zero attached hydrogens (tertiary/aromatic N) is 3. The Labute approximate surface area is 187 Å². The lowest BCUT2D eigenvalue weighted by Gasteiger charge is -2.37. The van der Waals surface area contributed by atoms with Gasteiger partial charge in [-0.25, -0.2) is 0 Å². The summed E-state index contributed by atoms with van der Waals surface area (Å²) < 4.78 is 22.1. The molecule has 176 valence electrons. The summed E-state index contributed by atoms with van der Waals surface area (Å²) in [6, 6.07) is 4.04. The van der Waals surface area contributed by atoms with Gasteiger partial charge in [0.1, 0.15) is 0 Å². The van der Waals surface area contributed by atoms with E-state index in [1.165, 1.54) is 0 Å². The molecule has 0 bridgehead atoms. The quantitative estimate of drug-likeness (QED) is 0.496. The molecule has 0 aliphatic carbocycles. The predicted octanol–water partition coefficient (Wildman–Crippen LogP) is 2.47. The zero-order chi connectivity index (χ0) is 23.0. The Hall–Kier alpha value is -2.19. The van der Waals surface area contributed by atoms with Crippen molar-refractivity contribution < 1.29 is 18.9 Å².